The van der Waals surface area contributed by atoms with Crippen LogP contribution in [0.25, 0.3) is 0 Å². The van der Waals surface area contributed by atoms with E-state index < -0.39 is 6.10 Å². The molecule has 1 aromatic rings. The van der Waals surface area contributed by atoms with Gasteiger partial charge in [0.05, 0.1) is 25.4 Å². The van der Waals surface area contributed by atoms with Gasteiger partial charge in [0.2, 0.25) is 0 Å². The van der Waals surface area contributed by atoms with Crippen molar-refractivity contribution in [2.45, 2.75) is 44.5 Å². The minimum Gasteiger partial charge on any atom is -0.389 e. The second kappa shape index (κ2) is 8.60. The van der Waals surface area contributed by atoms with Crippen LogP contribution in [-0.4, -0.2) is 30.5 Å². The summed E-state index contributed by atoms with van der Waals surface area (Å²) in [5.74, 6) is 0. The van der Waals surface area contributed by atoms with Crippen molar-refractivity contribution in [3.63, 3.8) is 0 Å². The van der Waals surface area contributed by atoms with Gasteiger partial charge in [-0.15, -0.1) is 0 Å². The largest absolute Gasteiger partial charge is 0.389 e. The van der Waals surface area contributed by atoms with Gasteiger partial charge in [-0.3, -0.25) is 4.84 Å². The lowest BCUT2D eigenvalue weighted by molar-refractivity contribution is -0.0511. The second-order valence-electron chi connectivity index (χ2n) is 5.17. The highest BCUT2D eigenvalue weighted by molar-refractivity contribution is 6.30. The van der Waals surface area contributed by atoms with E-state index in [1.807, 2.05) is 24.3 Å². The lowest BCUT2D eigenvalue weighted by Gasteiger charge is -2.15. The average molecular weight is 300 g/mol. The van der Waals surface area contributed by atoms with Gasteiger partial charge in [-0.05, 0) is 30.5 Å². The Bertz CT molecular complexity index is 379. The van der Waals surface area contributed by atoms with Crippen LogP contribution in [-0.2, 0) is 16.2 Å². The molecule has 0 heterocycles. The molecule has 1 atom stereocenters. The van der Waals surface area contributed by atoms with Crippen LogP contribution in [0.3, 0.4) is 0 Å². The van der Waals surface area contributed by atoms with Gasteiger partial charge >= 0.3 is 0 Å². The van der Waals surface area contributed by atoms with Crippen LogP contribution >= 0.6 is 11.6 Å². The summed E-state index contributed by atoms with van der Waals surface area (Å²) in [5.41, 5.74) is 3.87. The zero-order chi connectivity index (χ0) is 14.2. The topological polar surface area (TPSA) is 50.7 Å². The van der Waals surface area contributed by atoms with E-state index in [-0.39, 0.29) is 6.61 Å². The van der Waals surface area contributed by atoms with E-state index in [2.05, 4.69) is 5.48 Å². The third-order valence-corrected chi connectivity index (χ3v) is 3.62. The number of rotatable bonds is 8. The number of aliphatic hydroxyl groups excluding tert-OH is 1. The molecule has 5 heteroatoms. The number of hydroxylamine groups is 1. The highest BCUT2D eigenvalue weighted by atomic mass is 35.5. The molecule has 20 heavy (non-hydrogen) atoms. The van der Waals surface area contributed by atoms with Gasteiger partial charge in [0.25, 0.3) is 0 Å². The fourth-order valence-corrected chi connectivity index (χ4v) is 2.35. The number of nitrogens with one attached hydrogen (secondary N) is 1. The van der Waals surface area contributed by atoms with Crippen molar-refractivity contribution >= 4 is 11.6 Å². The maximum absolute atomic E-state index is 9.76. The van der Waals surface area contributed by atoms with Crippen LogP contribution in [0.2, 0.25) is 5.02 Å². The van der Waals surface area contributed by atoms with Crippen molar-refractivity contribution in [2.75, 3.05) is 13.2 Å². The van der Waals surface area contributed by atoms with E-state index in [0.717, 1.165) is 18.4 Å². The molecule has 2 rings (SSSR count). The van der Waals surface area contributed by atoms with E-state index in [4.69, 9.17) is 21.2 Å². The first-order valence-corrected chi connectivity index (χ1v) is 7.50. The van der Waals surface area contributed by atoms with Gasteiger partial charge in [-0.25, -0.2) is 0 Å². The van der Waals surface area contributed by atoms with Crippen LogP contribution < -0.4 is 5.48 Å². The van der Waals surface area contributed by atoms with E-state index in [9.17, 15) is 5.11 Å². The molecular weight excluding hydrogens is 278 g/mol. The first-order chi connectivity index (χ1) is 9.74. The molecule has 1 aliphatic rings. The van der Waals surface area contributed by atoms with E-state index in [1.54, 1.807) is 0 Å². The Morgan fingerprint density at radius 2 is 1.95 bits per heavy atom. The van der Waals surface area contributed by atoms with Crippen LogP contribution in [0.15, 0.2) is 24.3 Å². The molecule has 0 aromatic heterocycles. The molecule has 0 bridgehead atoms. The third kappa shape index (κ3) is 5.77. The second-order valence-corrected chi connectivity index (χ2v) is 5.60. The molecule has 112 valence electrons. The fourth-order valence-electron chi connectivity index (χ4n) is 2.22. The number of hydrogen-bond acceptors (Lipinski definition) is 4. The van der Waals surface area contributed by atoms with E-state index >= 15 is 0 Å². The number of halogens is 1. The predicted molar refractivity (Wildman–Crippen MR) is 78.5 cm³/mol. The Hall–Kier alpha value is -0.650. The molecule has 0 radical (unpaired) electrons. The van der Waals surface area contributed by atoms with Crippen molar-refractivity contribution in [3.05, 3.63) is 34.9 Å². The summed E-state index contributed by atoms with van der Waals surface area (Å²) in [6.45, 7) is 1.14. The minimum absolute atomic E-state index is 0.281. The summed E-state index contributed by atoms with van der Waals surface area (Å²) in [4.78, 5) is 5.47. The van der Waals surface area contributed by atoms with E-state index in [0.29, 0.717) is 24.3 Å². The van der Waals surface area contributed by atoms with Crippen molar-refractivity contribution in [1.29, 1.82) is 0 Å². The van der Waals surface area contributed by atoms with Crippen molar-refractivity contribution in [2.24, 2.45) is 0 Å². The Morgan fingerprint density at radius 1 is 1.25 bits per heavy atom. The van der Waals surface area contributed by atoms with Crippen LogP contribution in [0.4, 0.5) is 0 Å². The zero-order valence-electron chi connectivity index (χ0n) is 11.6. The molecule has 1 fully saturated rings. The van der Waals surface area contributed by atoms with Crippen LogP contribution in [0.5, 0.6) is 0 Å². The summed E-state index contributed by atoms with van der Waals surface area (Å²) in [5, 5.41) is 10.5. The summed E-state index contributed by atoms with van der Waals surface area (Å²) >= 11 is 5.80. The molecule has 0 saturated heterocycles. The summed E-state index contributed by atoms with van der Waals surface area (Å²) in [7, 11) is 0. The molecule has 0 aliphatic heterocycles. The van der Waals surface area contributed by atoms with Crippen LogP contribution in [0, 0.1) is 0 Å². The fraction of sp³-hybridized carbons (Fsp3) is 0.600. The summed E-state index contributed by atoms with van der Waals surface area (Å²) in [6, 6.07) is 7.48. The first kappa shape index (κ1) is 15.7. The number of aliphatic hydroxyl groups is 1. The first-order valence-electron chi connectivity index (χ1n) is 7.13. The maximum Gasteiger partial charge on any atom is 0.0921 e. The average Bonchev–Trinajstić information content (AvgIpc) is 2.94. The van der Waals surface area contributed by atoms with Gasteiger partial charge < -0.3 is 9.84 Å². The molecule has 0 amide bonds. The molecule has 1 aromatic carbocycles. The molecule has 4 nitrogen and oxygen atoms in total. The highest BCUT2D eigenvalue weighted by Gasteiger charge is 2.15. The van der Waals surface area contributed by atoms with Gasteiger partial charge in [-0.1, -0.05) is 36.6 Å². The summed E-state index contributed by atoms with van der Waals surface area (Å²) < 4.78 is 5.46. The van der Waals surface area contributed by atoms with E-state index in [1.165, 1.54) is 12.8 Å². The van der Waals surface area contributed by atoms with Crippen molar-refractivity contribution in [1.82, 2.24) is 5.48 Å². The van der Waals surface area contributed by atoms with Gasteiger partial charge in [0, 0.05) is 11.6 Å². The molecule has 1 aliphatic carbocycles. The summed E-state index contributed by atoms with van der Waals surface area (Å²) in [6.07, 6.45) is 4.42. The van der Waals surface area contributed by atoms with Gasteiger partial charge in [0.15, 0.2) is 0 Å². The minimum atomic E-state index is -0.566. The Balaban J connectivity index is 1.53. The lowest BCUT2D eigenvalue weighted by Crippen LogP contribution is -2.32. The third-order valence-electron chi connectivity index (χ3n) is 3.36. The molecule has 0 spiro atoms. The lowest BCUT2D eigenvalue weighted by atomic mass is 10.2. The number of benzene rings is 1. The Morgan fingerprint density at radius 3 is 2.65 bits per heavy atom. The molecule has 2 N–H and O–H groups in total. The Labute approximate surface area is 125 Å². The quantitative estimate of drug-likeness (QED) is 0.725. The van der Waals surface area contributed by atoms with Gasteiger partial charge in [-0.2, -0.15) is 5.48 Å². The molecule has 1 unspecified atom stereocenters. The smallest absolute Gasteiger partial charge is 0.0921 e. The Kier molecular flexibility index (Phi) is 6.76. The highest BCUT2D eigenvalue weighted by Crippen LogP contribution is 2.19. The number of ether oxygens (including phenoxy) is 1. The van der Waals surface area contributed by atoms with Gasteiger partial charge in [0.1, 0.15) is 0 Å². The SMILES string of the molecule is OC(CNOC1CCCC1)COCc1ccc(Cl)cc1. The number of hydrogen-bond donors (Lipinski definition) is 2. The maximum atomic E-state index is 9.76. The zero-order valence-corrected chi connectivity index (χ0v) is 12.3. The van der Waals surface area contributed by atoms with Crippen molar-refractivity contribution < 1.29 is 14.7 Å². The normalized spacial score (nSPS) is 17.5. The predicted octanol–water partition coefficient (Wildman–Crippen LogP) is 2.68. The molecule has 1 saturated carbocycles. The monoisotopic (exact) mass is 299 g/mol. The molecular formula is C15H22ClNO3. The van der Waals surface area contributed by atoms with Crippen molar-refractivity contribution in [3.8, 4) is 0 Å². The standard InChI is InChI=1S/C15H22ClNO3/c16-13-7-5-12(6-8-13)10-19-11-14(18)9-17-20-15-3-1-2-4-15/h5-8,14-15,17-18H,1-4,9-11H2. The van der Waals surface area contributed by atoms with Crippen LogP contribution in [0.1, 0.15) is 31.2 Å².